The number of rotatable bonds is 1. The summed E-state index contributed by atoms with van der Waals surface area (Å²) in [6.07, 6.45) is 2.07. The van der Waals surface area contributed by atoms with E-state index < -0.39 is 0 Å². The first kappa shape index (κ1) is 9.38. The van der Waals surface area contributed by atoms with Crippen LogP contribution in [0.2, 0.25) is 5.02 Å². The van der Waals surface area contributed by atoms with Crippen LogP contribution in [-0.2, 0) is 0 Å². The number of thioether (sulfide) groups is 1. The topological polar surface area (TPSA) is 0 Å². The molecule has 2 aromatic rings. The fraction of sp³-hybridized carbons (Fsp3) is 0.200. The van der Waals surface area contributed by atoms with E-state index in [1.54, 1.807) is 23.1 Å². The second kappa shape index (κ2) is 3.52. The van der Waals surface area contributed by atoms with E-state index in [1.807, 2.05) is 6.07 Å². The summed E-state index contributed by atoms with van der Waals surface area (Å²) in [6, 6.07) is 4.08. The van der Waals surface area contributed by atoms with Crippen LogP contribution in [-0.4, -0.2) is 6.26 Å². The van der Waals surface area contributed by atoms with Gasteiger partial charge < -0.3 is 0 Å². The molecule has 1 heterocycles. The summed E-state index contributed by atoms with van der Waals surface area (Å²) in [5, 5.41) is 4.38. The molecule has 68 valence electrons. The van der Waals surface area contributed by atoms with Gasteiger partial charge in [-0.25, -0.2) is 0 Å². The van der Waals surface area contributed by atoms with E-state index in [0.717, 1.165) is 5.02 Å². The van der Waals surface area contributed by atoms with Crippen molar-refractivity contribution in [3.8, 4) is 0 Å². The quantitative estimate of drug-likeness (QED) is 0.644. The van der Waals surface area contributed by atoms with Crippen molar-refractivity contribution in [1.82, 2.24) is 0 Å². The predicted octanol–water partition coefficient (Wildman–Crippen LogP) is 4.59. The minimum Gasteiger partial charge on any atom is -0.142 e. The van der Waals surface area contributed by atoms with E-state index in [4.69, 9.17) is 11.6 Å². The van der Waals surface area contributed by atoms with Crippen LogP contribution in [0.5, 0.6) is 0 Å². The van der Waals surface area contributed by atoms with Gasteiger partial charge in [-0.3, -0.25) is 0 Å². The van der Waals surface area contributed by atoms with Gasteiger partial charge in [0.25, 0.3) is 0 Å². The van der Waals surface area contributed by atoms with Crippen molar-refractivity contribution in [2.75, 3.05) is 6.26 Å². The monoisotopic (exact) mass is 228 g/mol. The number of fused-ring (bicyclic) bond motifs is 1. The largest absolute Gasteiger partial charge is 0.142 e. The Kier molecular flexibility index (Phi) is 2.54. The van der Waals surface area contributed by atoms with Crippen LogP contribution in [0.15, 0.2) is 22.4 Å². The van der Waals surface area contributed by atoms with Crippen molar-refractivity contribution in [1.29, 1.82) is 0 Å². The zero-order valence-corrected chi connectivity index (χ0v) is 9.82. The SMILES string of the molecule is CSc1c(Cl)ccc2c(C)csc12. The summed E-state index contributed by atoms with van der Waals surface area (Å²) in [5.74, 6) is 0. The van der Waals surface area contributed by atoms with Crippen LogP contribution in [0.4, 0.5) is 0 Å². The molecular weight excluding hydrogens is 220 g/mol. The summed E-state index contributed by atoms with van der Waals surface area (Å²) >= 11 is 9.59. The molecule has 0 aliphatic carbocycles. The first-order valence-corrected chi connectivity index (χ1v) is 6.42. The van der Waals surface area contributed by atoms with Crippen LogP contribution in [0.25, 0.3) is 10.1 Å². The standard InChI is InChI=1S/C10H9ClS2/c1-6-5-13-9-7(6)3-4-8(11)10(9)12-2/h3-5H,1-2H3. The molecule has 0 saturated carbocycles. The van der Waals surface area contributed by atoms with Gasteiger partial charge in [-0.1, -0.05) is 17.7 Å². The lowest BCUT2D eigenvalue weighted by Crippen LogP contribution is -1.74. The third-order valence-electron chi connectivity index (χ3n) is 2.05. The maximum atomic E-state index is 6.10. The Morgan fingerprint density at radius 2 is 2.15 bits per heavy atom. The molecule has 3 heteroatoms. The minimum absolute atomic E-state index is 0.863. The maximum Gasteiger partial charge on any atom is 0.0556 e. The van der Waals surface area contributed by atoms with Crippen LogP contribution in [0.3, 0.4) is 0 Å². The average molecular weight is 229 g/mol. The van der Waals surface area contributed by atoms with Gasteiger partial charge in [-0.05, 0) is 35.6 Å². The Hall–Kier alpha value is -0.180. The zero-order valence-electron chi connectivity index (χ0n) is 7.43. The van der Waals surface area contributed by atoms with Crippen LogP contribution in [0.1, 0.15) is 5.56 Å². The van der Waals surface area contributed by atoms with Crippen LogP contribution in [0, 0.1) is 6.92 Å². The van der Waals surface area contributed by atoms with E-state index in [0.29, 0.717) is 0 Å². The van der Waals surface area contributed by atoms with Crippen molar-refractivity contribution < 1.29 is 0 Å². The molecule has 1 aromatic carbocycles. The van der Waals surface area contributed by atoms with Crippen molar-refractivity contribution >= 4 is 44.8 Å². The number of hydrogen-bond donors (Lipinski definition) is 0. The molecule has 1 aromatic heterocycles. The highest BCUT2D eigenvalue weighted by Crippen LogP contribution is 2.37. The molecule has 0 aliphatic heterocycles. The van der Waals surface area contributed by atoms with Gasteiger partial charge in [0.05, 0.1) is 5.02 Å². The van der Waals surface area contributed by atoms with Gasteiger partial charge in [0.2, 0.25) is 0 Å². The van der Waals surface area contributed by atoms with E-state index in [1.165, 1.54) is 20.5 Å². The fourth-order valence-corrected chi connectivity index (χ4v) is 3.76. The van der Waals surface area contributed by atoms with E-state index in [-0.39, 0.29) is 0 Å². The van der Waals surface area contributed by atoms with Crippen LogP contribution < -0.4 is 0 Å². The molecule has 0 fully saturated rings. The molecule has 0 N–H and O–H groups in total. The first-order valence-electron chi connectivity index (χ1n) is 3.94. The molecule has 0 bridgehead atoms. The number of halogens is 1. The molecule has 2 rings (SSSR count). The molecule has 0 unspecified atom stereocenters. The van der Waals surface area contributed by atoms with Crippen molar-refractivity contribution in [3.05, 3.63) is 28.1 Å². The normalized spacial score (nSPS) is 11.0. The van der Waals surface area contributed by atoms with Gasteiger partial charge in [0.1, 0.15) is 0 Å². The van der Waals surface area contributed by atoms with E-state index >= 15 is 0 Å². The molecule has 0 saturated heterocycles. The van der Waals surface area contributed by atoms with E-state index in [2.05, 4.69) is 24.6 Å². The molecule has 0 amide bonds. The fourth-order valence-electron chi connectivity index (χ4n) is 1.37. The molecule has 0 nitrogen and oxygen atoms in total. The van der Waals surface area contributed by atoms with E-state index in [9.17, 15) is 0 Å². The Morgan fingerprint density at radius 1 is 1.38 bits per heavy atom. The van der Waals surface area contributed by atoms with Gasteiger partial charge >= 0.3 is 0 Å². The zero-order chi connectivity index (χ0) is 9.42. The van der Waals surface area contributed by atoms with Crippen molar-refractivity contribution in [2.24, 2.45) is 0 Å². The number of benzene rings is 1. The van der Waals surface area contributed by atoms with Gasteiger partial charge in [-0.2, -0.15) is 0 Å². The first-order chi connectivity index (χ1) is 6.24. The molecule has 0 spiro atoms. The number of aryl methyl sites for hydroxylation is 1. The Balaban J connectivity index is 2.85. The highest BCUT2D eigenvalue weighted by Gasteiger charge is 2.07. The summed E-state index contributed by atoms with van der Waals surface area (Å²) < 4.78 is 1.32. The highest BCUT2D eigenvalue weighted by atomic mass is 35.5. The second-order valence-corrected chi connectivity index (χ2v) is 4.98. The lowest BCUT2D eigenvalue weighted by atomic mass is 10.2. The summed E-state index contributed by atoms with van der Waals surface area (Å²) in [4.78, 5) is 1.21. The van der Waals surface area contributed by atoms with Gasteiger partial charge in [0.15, 0.2) is 0 Å². The Bertz CT molecular complexity index is 445. The molecule has 0 atom stereocenters. The molecular formula is C10H9ClS2. The summed E-state index contributed by atoms with van der Waals surface area (Å²) in [5.41, 5.74) is 1.34. The third kappa shape index (κ3) is 1.47. The maximum absolute atomic E-state index is 6.10. The smallest absolute Gasteiger partial charge is 0.0556 e. The van der Waals surface area contributed by atoms with Crippen molar-refractivity contribution in [2.45, 2.75) is 11.8 Å². The predicted molar refractivity (Wildman–Crippen MR) is 63.4 cm³/mol. The second-order valence-electron chi connectivity index (χ2n) is 2.88. The van der Waals surface area contributed by atoms with Gasteiger partial charge in [0, 0.05) is 9.60 Å². The Labute approximate surface area is 90.9 Å². The lowest BCUT2D eigenvalue weighted by molar-refractivity contribution is 1.55. The summed E-state index contributed by atoms with van der Waals surface area (Å²) in [7, 11) is 0. The van der Waals surface area contributed by atoms with Gasteiger partial charge in [-0.15, -0.1) is 23.1 Å². The average Bonchev–Trinajstić information content (AvgIpc) is 2.48. The number of hydrogen-bond acceptors (Lipinski definition) is 2. The minimum atomic E-state index is 0.863. The number of thiophene rings is 1. The van der Waals surface area contributed by atoms with Crippen LogP contribution >= 0.6 is 34.7 Å². The lowest BCUT2D eigenvalue weighted by Gasteiger charge is -2.01. The molecule has 0 aliphatic rings. The Morgan fingerprint density at radius 3 is 2.85 bits per heavy atom. The van der Waals surface area contributed by atoms with Crippen molar-refractivity contribution in [3.63, 3.8) is 0 Å². The molecule has 13 heavy (non-hydrogen) atoms. The highest BCUT2D eigenvalue weighted by molar-refractivity contribution is 7.99. The third-order valence-corrected chi connectivity index (χ3v) is 4.57. The molecule has 0 radical (unpaired) electrons. The summed E-state index contributed by atoms with van der Waals surface area (Å²) in [6.45, 7) is 2.14.